The molecule has 3 rings (SSSR count). The maximum absolute atomic E-state index is 13.1. The molecule has 0 aromatic heterocycles. The maximum atomic E-state index is 13.1. The molecule has 2 atom stereocenters. The van der Waals surface area contributed by atoms with E-state index in [0.29, 0.717) is 35.8 Å². The molecule has 25 heavy (non-hydrogen) atoms. The van der Waals surface area contributed by atoms with Gasteiger partial charge in [-0.25, -0.2) is 0 Å². The van der Waals surface area contributed by atoms with Gasteiger partial charge in [0, 0.05) is 12.1 Å². The fourth-order valence-electron chi connectivity index (χ4n) is 4.12. The summed E-state index contributed by atoms with van der Waals surface area (Å²) in [5.41, 5.74) is 1.28. The third kappa shape index (κ3) is 4.12. The van der Waals surface area contributed by atoms with E-state index in [1.54, 1.807) is 6.92 Å². The second-order valence-corrected chi connectivity index (χ2v) is 7.31. The van der Waals surface area contributed by atoms with Crippen LogP contribution in [0.3, 0.4) is 0 Å². The normalized spacial score (nSPS) is 23.5. The lowest BCUT2D eigenvalue weighted by Gasteiger charge is -2.39. The van der Waals surface area contributed by atoms with Gasteiger partial charge in [-0.15, -0.1) is 0 Å². The zero-order valence-electron chi connectivity index (χ0n) is 14.9. The van der Waals surface area contributed by atoms with E-state index in [4.69, 9.17) is 4.74 Å². The van der Waals surface area contributed by atoms with Crippen LogP contribution >= 0.6 is 0 Å². The molecule has 4 nitrogen and oxygen atoms in total. The molecule has 1 amide bonds. The van der Waals surface area contributed by atoms with Gasteiger partial charge in [0.1, 0.15) is 11.9 Å². The van der Waals surface area contributed by atoms with Crippen LogP contribution < -0.4 is 10.1 Å². The van der Waals surface area contributed by atoms with Gasteiger partial charge in [0.05, 0.1) is 11.5 Å². The zero-order chi connectivity index (χ0) is 17.8. The molecule has 0 radical (unpaired) electrons. The number of ether oxygens (including phenoxy) is 1. The van der Waals surface area contributed by atoms with E-state index in [-0.39, 0.29) is 23.7 Å². The van der Waals surface area contributed by atoms with Gasteiger partial charge in [0.2, 0.25) is 5.91 Å². The number of carbonyl (C=O) groups excluding carboxylic acids is 2. The summed E-state index contributed by atoms with van der Waals surface area (Å²) in [5.74, 6) is 0.905. The Labute approximate surface area is 149 Å². The Morgan fingerprint density at radius 1 is 1.24 bits per heavy atom. The lowest BCUT2D eigenvalue weighted by atomic mass is 9.75. The smallest absolute Gasteiger partial charge is 0.224 e. The van der Waals surface area contributed by atoms with Crippen molar-refractivity contribution < 1.29 is 14.3 Å². The van der Waals surface area contributed by atoms with Crippen LogP contribution in [-0.4, -0.2) is 17.8 Å². The van der Waals surface area contributed by atoms with E-state index in [1.165, 1.54) is 19.3 Å². The molecule has 1 fully saturated rings. The first-order valence-electron chi connectivity index (χ1n) is 9.31. The molecule has 4 heteroatoms. The highest BCUT2D eigenvalue weighted by Gasteiger charge is 2.41. The molecular formula is C21H27NO3. The van der Waals surface area contributed by atoms with Crippen molar-refractivity contribution in [2.24, 2.45) is 11.8 Å². The third-order valence-electron chi connectivity index (χ3n) is 5.30. The first kappa shape index (κ1) is 17.7. The van der Waals surface area contributed by atoms with Gasteiger partial charge in [0.25, 0.3) is 0 Å². The van der Waals surface area contributed by atoms with E-state index < -0.39 is 0 Å². The summed E-state index contributed by atoms with van der Waals surface area (Å²) >= 11 is 0. The minimum Gasteiger partial charge on any atom is -0.489 e. The average Bonchev–Trinajstić information content (AvgIpc) is 2.61. The van der Waals surface area contributed by atoms with Gasteiger partial charge in [0.15, 0.2) is 5.78 Å². The number of ketones is 1. The zero-order valence-corrected chi connectivity index (χ0v) is 14.9. The van der Waals surface area contributed by atoms with Crippen molar-refractivity contribution in [1.82, 2.24) is 5.32 Å². The van der Waals surface area contributed by atoms with Crippen LogP contribution in [0, 0.1) is 11.8 Å². The number of hydrogen-bond donors (Lipinski definition) is 1. The molecule has 0 spiro atoms. The molecule has 134 valence electrons. The molecule has 1 aliphatic carbocycles. The Bertz CT molecular complexity index is 661. The summed E-state index contributed by atoms with van der Waals surface area (Å²) in [6.07, 6.45) is 6.60. The highest BCUT2D eigenvalue weighted by atomic mass is 16.5. The number of rotatable bonds is 5. The number of para-hydroxylation sites is 1. The summed E-state index contributed by atoms with van der Waals surface area (Å²) in [6.45, 7) is 5.46. The molecule has 0 saturated heterocycles. The molecule has 2 unspecified atom stereocenters. The topological polar surface area (TPSA) is 55.4 Å². The number of allylic oxidation sites excluding steroid dienone is 1. The number of hydrogen-bond acceptors (Lipinski definition) is 3. The fourth-order valence-corrected chi connectivity index (χ4v) is 4.12. The van der Waals surface area contributed by atoms with Crippen molar-refractivity contribution in [2.45, 2.75) is 58.0 Å². The summed E-state index contributed by atoms with van der Waals surface area (Å²) in [7, 11) is 0. The van der Waals surface area contributed by atoms with Crippen LogP contribution in [0.5, 0.6) is 5.75 Å². The standard InChI is InChI=1S/C21H27NO3/c1-14(2)22-19(23)13-12-17-20(24)16-10-6-7-11-18(16)25-21(17)15-8-4-3-5-9-15/h6-7,10-11,15,17,21H,1,3-5,8-9,12-13H2,2H3,(H,22,23). The number of amides is 1. The predicted octanol–water partition coefficient (Wildman–Crippen LogP) is 4.26. The van der Waals surface area contributed by atoms with E-state index in [0.717, 1.165) is 12.8 Å². The van der Waals surface area contributed by atoms with Crippen molar-refractivity contribution in [2.75, 3.05) is 0 Å². The molecule has 2 aliphatic rings. The van der Waals surface area contributed by atoms with E-state index in [1.807, 2.05) is 24.3 Å². The van der Waals surface area contributed by atoms with E-state index in [9.17, 15) is 9.59 Å². The Kier molecular flexibility index (Phi) is 5.57. The SMILES string of the molecule is C=C(C)NC(=O)CCC1C(=O)c2ccccc2OC1C1CCCCC1. The molecule has 1 aromatic rings. The van der Waals surface area contributed by atoms with Crippen LogP contribution in [0.2, 0.25) is 0 Å². The molecule has 1 aliphatic heterocycles. The monoisotopic (exact) mass is 341 g/mol. The second-order valence-electron chi connectivity index (χ2n) is 7.31. The van der Waals surface area contributed by atoms with Gasteiger partial charge in [-0.2, -0.15) is 0 Å². The molecule has 1 N–H and O–H groups in total. The van der Waals surface area contributed by atoms with Gasteiger partial charge >= 0.3 is 0 Å². The second kappa shape index (κ2) is 7.85. The first-order chi connectivity index (χ1) is 12.1. The quantitative estimate of drug-likeness (QED) is 0.871. The van der Waals surface area contributed by atoms with Crippen LogP contribution in [0.1, 0.15) is 62.2 Å². The average molecular weight is 341 g/mol. The number of carbonyl (C=O) groups is 2. The molecule has 1 aromatic carbocycles. The lowest BCUT2D eigenvalue weighted by Crippen LogP contribution is -2.44. The predicted molar refractivity (Wildman–Crippen MR) is 97.4 cm³/mol. The van der Waals surface area contributed by atoms with Crippen LogP contribution in [0.15, 0.2) is 36.5 Å². The summed E-state index contributed by atoms with van der Waals surface area (Å²) in [5, 5.41) is 2.73. The lowest BCUT2D eigenvalue weighted by molar-refractivity contribution is -0.120. The summed E-state index contributed by atoms with van der Waals surface area (Å²) < 4.78 is 6.30. The summed E-state index contributed by atoms with van der Waals surface area (Å²) in [4.78, 5) is 25.1. The fraction of sp³-hybridized carbons (Fsp3) is 0.524. The molecule has 1 saturated carbocycles. The number of benzene rings is 1. The molecular weight excluding hydrogens is 314 g/mol. The Hall–Kier alpha value is -2.10. The van der Waals surface area contributed by atoms with Gasteiger partial charge < -0.3 is 10.1 Å². The van der Waals surface area contributed by atoms with Gasteiger partial charge in [-0.1, -0.05) is 38.0 Å². The minimum absolute atomic E-state index is 0.0819. The highest BCUT2D eigenvalue weighted by molar-refractivity contribution is 6.01. The molecule has 1 heterocycles. The largest absolute Gasteiger partial charge is 0.489 e. The third-order valence-corrected chi connectivity index (χ3v) is 5.30. The van der Waals surface area contributed by atoms with Crippen molar-refractivity contribution >= 4 is 11.7 Å². The van der Waals surface area contributed by atoms with E-state index in [2.05, 4.69) is 11.9 Å². The maximum Gasteiger partial charge on any atom is 0.224 e. The number of fused-ring (bicyclic) bond motifs is 1. The van der Waals surface area contributed by atoms with Crippen molar-refractivity contribution in [1.29, 1.82) is 0 Å². The molecule has 0 bridgehead atoms. The van der Waals surface area contributed by atoms with Crippen molar-refractivity contribution in [3.05, 3.63) is 42.1 Å². The Morgan fingerprint density at radius 3 is 2.68 bits per heavy atom. The van der Waals surface area contributed by atoms with Crippen molar-refractivity contribution in [3.63, 3.8) is 0 Å². The first-order valence-corrected chi connectivity index (χ1v) is 9.31. The van der Waals surface area contributed by atoms with Gasteiger partial charge in [-0.3, -0.25) is 9.59 Å². The number of Topliss-reactive ketones (excluding diaryl/α,β-unsaturated/α-hetero) is 1. The minimum atomic E-state index is -0.242. The van der Waals surface area contributed by atoms with Crippen molar-refractivity contribution in [3.8, 4) is 5.75 Å². The highest BCUT2D eigenvalue weighted by Crippen LogP contribution is 2.40. The summed E-state index contributed by atoms with van der Waals surface area (Å²) in [6, 6.07) is 7.49. The van der Waals surface area contributed by atoms with Crippen LogP contribution in [-0.2, 0) is 4.79 Å². The van der Waals surface area contributed by atoms with Crippen LogP contribution in [0.25, 0.3) is 0 Å². The van der Waals surface area contributed by atoms with E-state index >= 15 is 0 Å². The Balaban J connectivity index is 1.79. The Morgan fingerprint density at radius 2 is 1.96 bits per heavy atom. The number of nitrogens with one attached hydrogen (secondary N) is 1. The van der Waals surface area contributed by atoms with Gasteiger partial charge in [-0.05, 0) is 44.2 Å². The van der Waals surface area contributed by atoms with Crippen LogP contribution in [0.4, 0.5) is 0 Å².